The van der Waals surface area contributed by atoms with Gasteiger partial charge in [-0.2, -0.15) is 0 Å². The Bertz CT molecular complexity index is 784. The molecule has 0 unspecified atom stereocenters. The van der Waals surface area contributed by atoms with Crippen molar-refractivity contribution < 1.29 is 23.9 Å². The number of rotatable bonds is 6. The van der Waals surface area contributed by atoms with Crippen LogP contribution in [0.1, 0.15) is 58.9 Å². The summed E-state index contributed by atoms with van der Waals surface area (Å²) in [5.74, 6) is 0. The van der Waals surface area contributed by atoms with Crippen molar-refractivity contribution in [1.29, 1.82) is 0 Å². The average molecular weight is 458 g/mol. The zero-order valence-electron chi connectivity index (χ0n) is 20.6. The minimum absolute atomic E-state index is 0.208. The van der Waals surface area contributed by atoms with Crippen LogP contribution < -0.4 is 5.46 Å². The number of piperidine rings is 2. The number of carbonyl (C=O) groups is 1. The second kappa shape index (κ2) is 9.94. The summed E-state index contributed by atoms with van der Waals surface area (Å²) in [6, 6.07) is 8.65. The van der Waals surface area contributed by atoms with Gasteiger partial charge in [0.1, 0.15) is 0 Å². The van der Waals surface area contributed by atoms with Gasteiger partial charge in [0.2, 0.25) is 0 Å². The van der Waals surface area contributed by atoms with Gasteiger partial charge >= 0.3 is 13.2 Å². The lowest BCUT2D eigenvalue weighted by Gasteiger charge is -2.36. The van der Waals surface area contributed by atoms with Crippen molar-refractivity contribution in [1.82, 2.24) is 9.80 Å². The zero-order chi connectivity index (χ0) is 23.6. The van der Waals surface area contributed by atoms with Crippen LogP contribution >= 0.6 is 0 Å². The number of hydrogen-bond donors (Lipinski definition) is 1. The average Bonchev–Trinajstić information content (AvgIpc) is 3.01. The molecule has 0 aliphatic carbocycles. The molecule has 3 heterocycles. The molecule has 33 heavy (non-hydrogen) atoms. The second-order valence-corrected chi connectivity index (χ2v) is 10.7. The first-order valence-corrected chi connectivity index (χ1v) is 12.4. The molecular weight excluding hydrogens is 419 g/mol. The molecule has 0 saturated carbocycles. The fraction of sp³-hybridized carbons (Fsp3) is 0.720. The molecule has 0 spiro atoms. The van der Waals surface area contributed by atoms with Gasteiger partial charge in [0.05, 0.1) is 23.4 Å². The van der Waals surface area contributed by atoms with Gasteiger partial charge in [0.15, 0.2) is 0 Å². The number of hydrogen-bond acceptors (Lipinski definition) is 5. The molecular formula is C25H39BN2O5. The van der Waals surface area contributed by atoms with Crippen molar-refractivity contribution in [3.8, 4) is 0 Å². The van der Waals surface area contributed by atoms with Gasteiger partial charge in [-0.1, -0.05) is 24.3 Å². The van der Waals surface area contributed by atoms with E-state index in [-0.39, 0.29) is 24.4 Å². The molecule has 0 aromatic heterocycles. The van der Waals surface area contributed by atoms with Crippen LogP contribution in [0.25, 0.3) is 0 Å². The molecule has 0 radical (unpaired) electrons. The maximum absolute atomic E-state index is 11.0. The normalized spacial score (nSPS) is 24.4. The lowest BCUT2D eigenvalue weighted by molar-refractivity contribution is -0.0624. The maximum Gasteiger partial charge on any atom is 0.494 e. The lowest BCUT2D eigenvalue weighted by Crippen LogP contribution is -2.43. The van der Waals surface area contributed by atoms with Gasteiger partial charge in [-0.3, -0.25) is 0 Å². The number of nitrogens with zero attached hydrogens (tertiary/aromatic N) is 2. The number of ether oxygens (including phenoxy) is 1. The van der Waals surface area contributed by atoms with Crippen LogP contribution in [0.15, 0.2) is 24.3 Å². The minimum atomic E-state index is -0.815. The van der Waals surface area contributed by atoms with Gasteiger partial charge in [0, 0.05) is 32.7 Å². The van der Waals surface area contributed by atoms with Gasteiger partial charge in [0.25, 0.3) is 0 Å². The number of likely N-dealkylation sites (tertiary alicyclic amines) is 2. The Kier molecular flexibility index (Phi) is 7.39. The fourth-order valence-electron chi connectivity index (χ4n) is 4.83. The molecule has 8 heteroatoms. The van der Waals surface area contributed by atoms with Crippen LogP contribution in [-0.4, -0.2) is 84.3 Å². The summed E-state index contributed by atoms with van der Waals surface area (Å²) in [6.45, 7) is 12.7. The standard InChI is InChI=1S/C25H39BN2O5/c1-24(2)25(3,4)33-26(32-24)20-7-5-19(6-8-20)9-14-27-15-10-21(11-16-27)31-22-12-17-28(18-13-22)23(29)30/h5-8,21-22H,9-18H2,1-4H3,(H,29,30). The Labute approximate surface area is 198 Å². The maximum atomic E-state index is 11.0. The van der Waals surface area contributed by atoms with E-state index in [2.05, 4.69) is 56.9 Å². The van der Waals surface area contributed by atoms with Gasteiger partial charge < -0.3 is 29.0 Å². The molecule has 0 atom stereocenters. The van der Waals surface area contributed by atoms with E-state index in [1.165, 1.54) is 10.5 Å². The van der Waals surface area contributed by atoms with Crippen molar-refractivity contribution in [2.45, 2.75) is 83.2 Å². The third-order valence-corrected chi connectivity index (χ3v) is 7.85. The summed E-state index contributed by atoms with van der Waals surface area (Å²) in [6.07, 6.45) is 4.47. The molecule has 4 rings (SSSR count). The highest BCUT2D eigenvalue weighted by atomic mass is 16.7. The molecule has 3 aliphatic heterocycles. The minimum Gasteiger partial charge on any atom is -0.465 e. The summed E-state index contributed by atoms with van der Waals surface area (Å²) in [5, 5.41) is 9.08. The Morgan fingerprint density at radius 3 is 2.00 bits per heavy atom. The third-order valence-electron chi connectivity index (χ3n) is 7.85. The molecule has 1 N–H and O–H groups in total. The topological polar surface area (TPSA) is 71.5 Å². The van der Waals surface area contributed by atoms with Crippen LogP contribution in [0.5, 0.6) is 0 Å². The smallest absolute Gasteiger partial charge is 0.465 e. The molecule has 3 fully saturated rings. The van der Waals surface area contributed by atoms with Crippen LogP contribution in [0.3, 0.4) is 0 Å². The SMILES string of the molecule is CC1(C)OB(c2ccc(CCN3CCC(OC4CCN(C(=O)O)CC4)CC3)cc2)OC1(C)C. The largest absolute Gasteiger partial charge is 0.494 e. The quantitative estimate of drug-likeness (QED) is 0.661. The lowest BCUT2D eigenvalue weighted by atomic mass is 9.79. The predicted molar refractivity (Wildman–Crippen MR) is 129 cm³/mol. The van der Waals surface area contributed by atoms with Crippen molar-refractivity contribution in [2.24, 2.45) is 0 Å². The first-order chi connectivity index (χ1) is 15.6. The van der Waals surface area contributed by atoms with Crippen molar-refractivity contribution in [3.05, 3.63) is 29.8 Å². The summed E-state index contributed by atoms with van der Waals surface area (Å²) in [5.41, 5.74) is 1.77. The molecule has 3 aliphatic rings. The molecule has 0 bridgehead atoms. The summed E-state index contributed by atoms with van der Waals surface area (Å²) >= 11 is 0. The highest BCUT2D eigenvalue weighted by molar-refractivity contribution is 6.62. The predicted octanol–water partition coefficient (Wildman–Crippen LogP) is 3.15. The first-order valence-electron chi connectivity index (χ1n) is 12.4. The Morgan fingerprint density at radius 2 is 1.48 bits per heavy atom. The monoisotopic (exact) mass is 458 g/mol. The van der Waals surface area contributed by atoms with E-state index in [0.29, 0.717) is 19.2 Å². The molecule has 1 aromatic carbocycles. The van der Waals surface area contributed by atoms with E-state index < -0.39 is 6.09 Å². The van der Waals surface area contributed by atoms with Crippen LogP contribution in [-0.2, 0) is 20.5 Å². The Balaban J connectivity index is 1.17. The molecule has 1 amide bonds. The summed E-state index contributed by atoms with van der Waals surface area (Å²) in [7, 11) is -0.306. The molecule has 3 saturated heterocycles. The summed E-state index contributed by atoms with van der Waals surface area (Å²) in [4.78, 5) is 15.1. The Morgan fingerprint density at radius 1 is 0.970 bits per heavy atom. The van der Waals surface area contributed by atoms with Crippen molar-refractivity contribution in [2.75, 3.05) is 32.7 Å². The van der Waals surface area contributed by atoms with Crippen molar-refractivity contribution in [3.63, 3.8) is 0 Å². The highest BCUT2D eigenvalue weighted by Gasteiger charge is 2.51. The van der Waals surface area contributed by atoms with Gasteiger partial charge in [-0.15, -0.1) is 0 Å². The number of carboxylic acid groups (broad SMARTS) is 1. The first kappa shape index (κ1) is 24.5. The van der Waals surface area contributed by atoms with Crippen LogP contribution in [0.4, 0.5) is 4.79 Å². The number of benzene rings is 1. The van der Waals surface area contributed by atoms with Crippen LogP contribution in [0, 0.1) is 0 Å². The molecule has 1 aromatic rings. The van der Waals surface area contributed by atoms with Crippen LogP contribution in [0.2, 0.25) is 0 Å². The third kappa shape index (κ3) is 5.91. The van der Waals surface area contributed by atoms with E-state index in [1.54, 1.807) is 0 Å². The van der Waals surface area contributed by atoms with E-state index in [1.807, 2.05) is 0 Å². The van der Waals surface area contributed by atoms with E-state index in [4.69, 9.17) is 19.2 Å². The zero-order valence-corrected chi connectivity index (χ0v) is 20.6. The highest BCUT2D eigenvalue weighted by Crippen LogP contribution is 2.36. The molecule has 182 valence electrons. The Hall–Kier alpha value is -1.61. The van der Waals surface area contributed by atoms with E-state index >= 15 is 0 Å². The van der Waals surface area contributed by atoms with E-state index in [0.717, 1.165) is 57.2 Å². The van der Waals surface area contributed by atoms with Crippen molar-refractivity contribution >= 4 is 18.7 Å². The fourth-order valence-corrected chi connectivity index (χ4v) is 4.83. The van der Waals surface area contributed by atoms with E-state index in [9.17, 15) is 4.79 Å². The number of amides is 1. The van der Waals surface area contributed by atoms with Gasteiger partial charge in [-0.05, 0) is 70.8 Å². The van der Waals surface area contributed by atoms with Gasteiger partial charge in [-0.25, -0.2) is 4.79 Å². The molecule has 7 nitrogen and oxygen atoms in total. The summed E-state index contributed by atoms with van der Waals surface area (Å²) < 4.78 is 18.6. The second-order valence-electron chi connectivity index (χ2n) is 10.7.